The molecule has 156 valence electrons. The summed E-state index contributed by atoms with van der Waals surface area (Å²) in [5.74, 6) is 0.286. The molecule has 2 aromatic carbocycles. The van der Waals surface area contributed by atoms with Crippen LogP contribution in [-0.2, 0) is 4.79 Å². The average Bonchev–Trinajstić information content (AvgIpc) is 3.24. The molecule has 6 heteroatoms. The number of carbonyl (C=O) groups is 2. The highest BCUT2D eigenvalue weighted by Crippen LogP contribution is 2.25. The minimum absolute atomic E-state index is 0.0143. The van der Waals surface area contributed by atoms with Crippen molar-refractivity contribution in [3.05, 3.63) is 53.6 Å². The highest BCUT2D eigenvalue weighted by atomic mass is 16.3. The molecule has 0 aromatic heterocycles. The van der Waals surface area contributed by atoms with E-state index in [-0.39, 0.29) is 12.4 Å². The van der Waals surface area contributed by atoms with Crippen molar-refractivity contribution in [1.29, 1.82) is 0 Å². The number of nitrogens with one attached hydrogen (secondary N) is 1. The average molecular weight is 399 g/mol. The second kappa shape index (κ2) is 11.9. The van der Waals surface area contributed by atoms with E-state index in [1.807, 2.05) is 43.3 Å². The number of hydrogen-bond acceptors (Lipinski definition) is 4. The predicted octanol–water partition coefficient (Wildman–Crippen LogP) is 3.67. The number of rotatable bonds is 7. The standard InChI is InChI=1S/C22H28N2O2.CH2O2/c1-17-16-20(10-11-21(17)25)18-6-8-19(9-7-18)22(26)23-12-2-3-13-24-14-4-5-15-24;2-1-3/h6-11,16,25H,2-5,12-15H2,1H3,(H,23,26);1H,(H,2,3). The number of carboxylic acid groups (broad SMARTS) is 1. The summed E-state index contributed by atoms with van der Waals surface area (Å²) in [6.45, 7) is 5.98. The van der Waals surface area contributed by atoms with E-state index in [4.69, 9.17) is 9.90 Å². The third-order valence-electron chi connectivity index (χ3n) is 5.06. The van der Waals surface area contributed by atoms with Crippen LogP contribution in [0.15, 0.2) is 42.5 Å². The summed E-state index contributed by atoms with van der Waals surface area (Å²) in [6.07, 6.45) is 4.82. The number of amides is 1. The number of carbonyl (C=O) groups excluding carboxylic acids is 1. The molecule has 0 spiro atoms. The van der Waals surface area contributed by atoms with Crippen LogP contribution in [0.3, 0.4) is 0 Å². The van der Waals surface area contributed by atoms with Gasteiger partial charge in [-0.2, -0.15) is 0 Å². The number of phenolic OH excluding ortho intramolecular Hbond substituents is 1. The molecule has 1 saturated heterocycles. The quantitative estimate of drug-likeness (QED) is 0.489. The van der Waals surface area contributed by atoms with Crippen LogP contribution in [0, 0.1) is 6.92 Å². The number of benzene rings is 2. The van der Waals surface area contributed by atoms with Gasteiger partial charge in [0.15, 0.2) is 0 Å². The van der Waals surface area contributed by atoms with E-state index in [1.54, 1.807) is 6.07 Å². The lowest BCUT2D eigenvalue weighted by Gasteiger charge is -2.14. The number of nitrogens with zero attached hydrogens (tertiary/aromatic N) is 1. The summed E-state index contributed by atoms with van der Waals surface area (Å²) >= 11 is 0. The molecule has 3 N–H and O–H groups in total. The molecule has 1 amide bonds. The Morgan fingerprint density at radius 1 is 1.07 bits per heavy atom. The van der Waals surface area contributed by atoms with Crippen LogP contribution >= 0.6 is 0 Å². The first kappa shape index (κ1) is 22.4. The predicted molar refractivity (Wildman–Crippen MR) is 114 cm³/mol. The molecular weight excluding hydrogens is 368 g/mol. The zero-order valence-corrected chi connectivity index (χ0v) is 16.9. The Morgan fingerprint density at radius 3 is 2.31 bits per heavy atom. The van der Waals surface area contributed by atoms with Gasteiger partial charge in [0, 0.05) is 12.1 Å². The van der Waals surface area contributed by atoms with E-state index in [1.165, 1.54) is 25.9 Å². The highest BCUT2D eigenvalue weighted by molar-refractivity contribution is 5.94. The Morgan fingerprint density at radius 2 is 1.69 bits per heavy atom. The number of phenols is 1. The van der Waals surface area contributed by atoms with Crippen LogP contribution in [0.4, 0.5) is 0 Å². The molecule has 2 aromatic rings. The lowest BCUT2D eigenvalue weighted by atomic mass is 10.0. The number of likely N-dealkylation sites (tertiary alicyclic amines) is 1. The van der Waals surface area contributed by atoms with Gasteiger partial charge in [0.1, 0.15) is 5.75 Å². The van der Waals surface area contributed by atoms with Crippen molar-refractivity contribution >= 4 is 12.4 Å². The molecule has 0 aliphatic carbocycles. The van der Waals surface area contributed by atoms with Crippen molar-refractivity contribution in [2.45, 2.75) is 32.6 Å². The minimum atomic E-state index is -0.250. The molecular formula is C23H30N2O4. The Labute approximate surface area is 172 Å². The van der Waals surface area contributed by atoms with Gasteiger partial charge in [-0.15, -0.1) is 0 Å². The van der Waals surface area contributed by atoms with Gasteiger partial charge in [-0.1, -0.05) is 18.2 Å². The van der Waals surface area contributed by atoms with Crippen LogP contribution in [0.25, 0.3) is 11.1 Å². The van der Waals surface area contributed by atoms with E-state index < -0.39 is 0 Å². The zero-order chi connectivity index (χ0) is 21.1. The van der Waals surface area contributed by atoms with Crippen LogP contribution in [0.1, 0.15) is 41.6 Å². The van der Waals surface area contributed by atoms with E-state index in [0.717, 1.165) is 42.6 Å². The molecule has 1 heterocycles. The first-order valence-corrected chi connectivity index (χ1v) is 10.0. The summed E-state index contributed by atoms with van der Waals surface area (Å²) in [6, 6.07) is 13.2. The molecule has 0 radical (unpaired) electrons. The van der Waals surface area contributed by atoms with Crippen LogP contribution in [-0.4, -0.2) is 53.7 Å². The van der Waals surface area contributed by atoms with Gasteiger partial charge in [-0.25, -0.2) is 0 Å². The summed E-state index contributed by atoms with van der Waals surface area (Å²) in [7, 11) is 0. The maximum atomic E-state index is 12.3. The summed E-state index contributed by atoms with van der Waals surface area (Å²) < 4.78 is 0. The molecule has 6 nitrogen and oxygen atoms in total. The van der Waals surface area contributed by atoms with Gasteiger partial charge in [-0.05, 0) is 93.2 Å². The van der Waals surface area contributed by atoms with Crippen LogP contribution in [0.2, 0.25) is 0 Å². The summed E-state index contributed by atoms with van der Waals surface area (Å²) in [5.41, 5.74) is 3.60. The second-order valence-electron chi connectivity index (χ2n) is 7.20. The smallest absolute Gasteiger partial charge is 0.290 e. The number of unbranched alkanes of at least 4 members (excludes halogenated alkanes) is 1. The van der Waals surface area contributed by atoms with Crippen LogP contribution < -0.4 is 5.32 Å². The van der Waals surface area contributed by atoms with Crippen molar-refractivity contribution in [2.24, 2.45) is 0 Å². The molecule has 1 aliphatic heterocycles. The van der Waals surface area contributed by atoms with E-state index in [0.29, 0.717) is 11.3 Å². The third-order valence-corrected chi connectivity index (χ3v) is 5.06. The number of hydrogen-bond donors (Lipinski definition) is 3. The zero-order valence-electron chi connectivity index (χ0n) is 16.9. The first-order chi connectivity index (χ1) is 14.0. The molecule has 0 saturated carbocycles. The fourth-order valence-electron chi connectivity index (χ4n) is 3.42. The van der Waals surface area contributed by atoms with Gasteiger partial charge >= 0.3 is 0 Å². The fourth-order valence-corrected chi connectivity index (χ4v) is 3.42. The maximum Gasteiger partial charge on any atom is 0.290 e. The molecule has 0 atom stereocenters. The molecule has 3 rings (SSSR count). The lowest BCUT2D eigenvalue weighted by molar-refractivity contribution is -0.122. The normalized spacial score (nSPS) is 13.4. The van der Waals surface area contributed by atoms with Crippen molar-refractivity contribution in [2.75, 3.05) is 26.2 Å². The van der Waals surface area contributed by atoms with Gasteiger partial charge in [-0.3, -0.25) is 9.59 Å². The van der Waals surface area contributed by atoms with E-state index >= 15 is 0 Å². The number of aryl methyl sites for hydroxylation is 1. The topological polar surface area (TPSA) is 89.9 Å². The largest absolute Gasteiger partial charge is 0.508 e. The molecule has 1 aliphatic rings. The second-order valence-corrected chi connectivity index (χ2v) is 7.20. The number of aromatic hydroxyl groups is 1. The molecule has 0 unspecified atom stereocenters. The van der Waals surface area contributed by atoms with Crippen molar-refractivity contribution < 1.29 is 19.8 Å². The van der Waals surface area contributed by atoms with Gasteiger partial charge in [0.25, 0.3) is 12.4 Å². The Kier molecular flexibility index (Phi) is 9.18. The lowest BCUT2D eigenvalue weighted by Crippen LogP contribution is -2.26. The Bertz CT molecular complexity index is 784. The maximum absolute atomic E-state index is 12.3. The Hall–Kier alpha value is -2.86. The van der Waals surface area contributed by atoms with E-state index in [2.05, 4.69) is 10.2 Å². The SMILES string of the molecule is Cc1cc(-c2ccc(C(=O)NCCCCN3CCCC3)cc2)ccc1O.O=CO. The van der Waals surface area contributed by atoms with Crippen molar-refractivity contribution in [3.8, 4) is 16.9 Å². The highest BCUT2D eigenvalue weighted by Gasteiger charge is 2.10. The minimum Gasteiger partial charge on any atom is -0.508 e. The van der Waals surface area contributed by atoms with Gasteiger partial charge in [0.2, 0.25) is 0 Å². The van der Waals surface area contributed by atoms with Crippen molar-refractivity contribution in [3.63, 3.8) is 0 Å². The van der Waals surface area contributed by atoms with Gasteiger partial charge < -0.3 is 20.4 Å². The fraction of sp³-hybridized carbons (Fsp3) is 0.391. The molecule has 29 heavy (non-hydrogen) atoms. The van der Waals surface area contributed by atoms with E-state index in [9.17, 15) is 9.90 Å². The monoisotopic (exact) mass is 398 g/mol. The first-order valence-electron chi connectivity index (χ1n) is 10.0. The molecule has 0 bridgehead atoms. The third kappa shape index (κ3) is 7.23. The summed E-state index contributed by atoms with van der Waals surface area (Å²) in [4.78, 5) is 23.1. The van der Waals surface area contributed by atoms with Crippen LogP contribution in [0.5, 0.6) is 5.75 Å². The van der Waals surface area contributed by atoms with Crippen molar-refractivity contribution in [1.82, 2.24) is 10.2 Å². The Balaban J connectivity index is 0.000000941. The molecule has 1 fully saturated rings. The van der Waals surface area contributed by atoms with Gasteiger partial charge in [0.05, 0.1) is 0 Å². The summed E-state index contributed by atoms with van der Waals surface area (Å²) in [5, 5.41) is 19.5.